The highest BCUT2D eigenvalue weighted by molar-refractivity contribution is 6.02. The number of non-ortho nitro benzene ring substituents is 1. The number of pyridine rings is 1. The first-order valence-corrected chi connectivity index (χ1v) is 9.84. The second-order valence-electron chi connectivity index (χ2n) is 7.39. The molecule has 8 heteroatoms. The molecule has 4 aromatic rings. The smallest absolute Gasteiger partial charge is 0.269 e. The van der Waals surface area contributed by atoms with E-state index in [9.17, 15) is 20.0 Å². The molecule has 0 radical (unpaired) electrons. The molecule has 0 unspecified atom stereocenters. The number of nitrogens with one attached hydrogen (secondary N) is 1. The van der Waals surface area contributed by atoms with Gasteiger partial charge >= 0.3 is 0 Å². The van der Waals surface area contributed by atoms with E-state index < -0.39 is 4.92 Å². The summed E-state index contributed by atoms with van der Waals surface area (Å²) in [5.74, 6) is -0.227. The van der Waals surface area contributed by atoms with E-state index in [1.54, 1.807) is 30.3 Å². The van der Waals surface area contributed by atoms with Gasteiger partial charge in [-0.1, -0.05) is 35.9 Å². The fraction of sp³-hybridized carbons (Fsp3) is 0.0833. The summed E-state index contributed by atoms with van der Waals surface area (Å²) >= 11 is 0. The van der Waals surface area contributed by atoms with Crippen LogP contribution in [-0.2, 0) is 0 Å². The third-order valence-corrected chi connectivity index (χ3v) is 5.16. The van der Waals surface area contributed by atoms with Gasteiger partial charge < -0.3 is 5.11 Å². The first kappa shape index (κ1) is 20.8. The number of aromatic hydroxyl groups is 1. The highest BCUT2D eigenvalue weighted by Gasteiger charge is 2.17. The van der Waals surface area contributed by atoms with Crippen molar-refractivity contribution >= 4 is 28.4 Å². The molecule has 0 bridgehead atoms. The zero-order valence-electron chi connectivity index (χ0n) is 17.4. The van der Waals surface area contributed by atoms with Crippen LogP contribution in [0, 0.1) is 24.0 Å². The first-order valence-electron chi connectivity index (χ1n) is 9.84. The lowest BCUT2D eigenvalue weighted by Crippen LogP contribution is -2.21. The Morgan fingerprint density at radius 1 is 1.03 bits per heavy atom. The number of fused-ring (bicyclic) bond motifs is 1. The first-order chi connectivity index (χ1) is 15.4. The molecule has 0 aliphatic heterocycles. The second-order valence-corrected chi connectivity index (χ2v) is 7.39. The van der Waals surface area contributed by atoms with Crippen molar-refractivity contribution in [3.8, 4) is 11.6 Å². The maximum atomic E-state index is 13.2. The number of nitro benzene ring substituents is 1. The van der Waals surface area contributed by atoms with E-state index in [4.69, 9.17) is 0 Å². The fourth-order valence-electron chi connectivity index (χ4n) is 3.60. The predicted octanol–water partition coefficient (Wildman–Crippen LogP) is 4.67. The zero-order valence-corrected chi connectivity index (χ0v) is 17.4. The second kappa shape index (κ2) is 8.35. The minimum Gasteiger partial charge on any atom is -0.494 e. The Bertz CT molecular complexity index is 1420. The maximum Gasteiger partial charge on any atom is 0.269 e. The number of hydrogen-bond donors (Lipinski definition) is 2. The summed E-state index contributed by atoms with van der Waals surface area (Å²) in [5, 5.41) is 27.1. The van der Waals surface area contributed by atoms with E-state index in [1.165, 1.54) is 35.0 Å². The van der Waals surface area contributed by atoms with Crippen LogP contribution in [0.15, 0.2) is 76.6 Å². The molecule has 0 amide bonds. The molecule has 1 aromatic heterocycles. The van der Waals surface area contributed by atoms with Crippen molar-refractivity contribution in [3.05, 3.63) is 104 Å². The molecule has 0 fully saturated rings. The molecule has 0 aliphatic rings. The van der Waals surface area contributed by atoms with Gasteiger partial charge in [-0.2, -0.15) is 5.10 Å². The molecule has 4 rings (SSSR count). The van der Waals surface area contributed by atoms with Crippen LogP contribution in [0.25, 0.3) is 16.5 Å². The normalized spacial score (nSPS) is 11.2. The third kappa shape index (κ3) is 3.81. The molecule has 0 saturated carbocycles. The van der Waals surface area contributed by atoms with Gasteiger partial charge in [-0.25, -0.2) is 4.57 Å². The Kier molecular flexibility index (Phi) is 5.43. The number of rotatable bonds is 5. The fourth-order valence-corrected chi connectivity index (χ4v) is 3.60. The Labute approximate surface area is 183 Å². The molecule has 2 N–H and O–H groups in total. The lowest BCUT2D eigenvalue weighted by molar-refractivity contribution is -0.384. The number of aromatic nitrogens is 1. The monoisotopic (exact) mass is 428 g/mol. The van der Waals surface area contributed by atoms with Crippen LogP contribution in [0.5, 0.6) is 5.88 Å². The molecule has 0 atom stereocenters. The van der Waals surface area contributed by atoms with Crippen LogP contribution in [0.3, 0.4) is 0 Å². The lowest BCUT2D eigenvalue weighted by Gasteiger charge is -2.16. The average Bonchev–Trinajstić information content (AvgIpc) is 2.78. The summed E-state index contributed by atoms with van der Waals surface area (Å²) in [4.78, 5) is 23.5. The summed E-state index contributed by atoms with van der Waals surface area (Å²) < 4.78 is 1.28. The Balaban J connectivity index is 1.81. The molecular weight excluding hydrogens is 408 g/mol. The van der Waals surface area contributed by atoms with Gasteiger partial charge in [-0.15, -0.1) is 0 Å². The summed E-state index contributed by atoms with van der Waals surface area (Å²) in [6.45, 7) is 3.84. The van der Waals surface area contributed by atoms with Crippen molar-refractivity contribution in [2.45, 2.75) is 13.8 Å². The summed E-state index contributed by atoms with van der Waals surface area (Å²) in [5.41, 5.74) is 5.84. The number of anilines is 1. The highest BCUT2D eigenvalue weighted by atomic mass is 16.6. The Morgan fingerprint density at radius 3 is 2.38 bits per heavy atom. The number of hydrogen-bond acceptors (Lipinski definition) is 6. The van der Waals surface area contributed by atoms with Gasteiger partial charge in [0.15, 0.2) is 0 Å². The quantitative estimate of drug-likeness (QED) is 0.273. The van der Waals surface area contributed by atoms with E-state index in [-0.39, 0.29) is 17.1 Å². The van der Waals surface area contributed by atoms with Gasteiger partial charge in [0, 0.05) is 22.9 Å². The van der Waals surface area contributed by atoms with Crippen molar-refractivity contribution in [1.82, 2.24) is 4.57 Å². The summed E-state index contributed by atoms with van der Waals surface area (Å²) in [6.07, 6.45) is 1.43. The number of benzene rings is 3. The van der Waals surface area contributed by atoms with E-state index in [0.717, 1.165) is 11.1 Å². The van der Waals surface area contributed by atoms with Gasteiger partial charge in [0.1, 0.15) is 0 Å². The molecule has 160 valence electrons. The van der Waals surface area contributed by atoms with Gasteiger partial charge in [0.2, 0.25) is 5.88 Å². The van der Waals surface area contributed by atoms with E-state index in [1.807, 2.05) is 26.0 Å². The van der Waals surface area contributed by atoms with Crippen LogP contribution < -0.4 is 11.0 Å². The van der Waals surface area contributed by atoms with Crippen LogP contribution in [-0.4, -0.2) is 20.8 Å². The molecule has 32 heavy (non-hydrogen) atoms. The zero-order chi connectivity index (χ0) is 22.8. The van der Waals surface area contributed by atoms with Crippen molar-refractivity contribution in [2.75, 3.05) is 5.43 Å². The van der Waals surface area contributed by atoms with Gasteiger partial charge in [0.25, 0.3) is 11.2 Å². The Morgan fingerprint density at radius 2 is 1.72 bits per heavy atom. The van der Waals surface area contributed by atoms with Crippen LogP contribution in [0.2, 0.25) is 0 Å². The molecule has 0 aliphatic carbocycles. The minimum absolute atomic E-state index is 0.0243. The van der Waals surface area contributed by atoms with Crippen LogP contribution in [0.4, 0.5) is 11.4 Å². The average molecular weight is 428 g/mol. The van der Waals surface area contributed by atoms with E-state index in [0.29, 0.717) is 27.7 Å². The number of nitro groups is 1. The van der Waals surface area contributed by atoms with E-state index >= 15 is 0 Å². The van der Waals surface area contributed by atoms with Crippen molar-refractivity contribution in [1.29, 1.82) is 0 Å². The number of nitrogens with zero attached hydrogens (tertiary/aromatic N) is 3. The molecule has 8 nitrogen and oxygen atoms in total. The topological polar surface area (TPSA) is 110 Å². The molecule has 3 aromatic carbocycles. The largest absolute Gasteiger partial charge is 0.494 e. The van der Waals surface area contributed by atoms with Crippen molar-refractivity contribution < 1.29 is 10.0 Å². The molecular formula is C24H20N4O4. The standard InChI is InChI=1S/C24H20N4O4/c1-15-7-12-22(16(2)13-15)27-23(29)20-6-4-3-5-19(20)21(24(27)30)14-25-26-17-8-10-18(11-9-17)28(31)32/h3-14,26,30H,1-2H3/b25-14-. The molecule has 0 spiro atoms. The van der Waals surface area contributed by atoms with Crippen molar-refractivity contribution in [3.63, 3.8) is 0 Å². The molecule has 0 saturated heterocycles. The summed E-state index contributed by atoms with van der Waals surface area (Å²) in [7, 11) is 0. The summed E-state index contributed by atoms with van der Waals surface area (Å²) in [6, 6.07) is 18.4. The van der Waals surface area contributed by atoms with Crippen molar-refractivity contribution in [2.24, 2.45) is 5.10 Å². The van der Waals surface area contributed by atoms with Gasteiger partial charge in [-0.3, -0.25) is 20.3 Å². The third-order valence-electron chi connectivity index (χ3n) is 5.16. The number of hydrazone groups is 1. The predicted molar refractivity (Wildman–Crippen MR) is 125 cm³/mol. The van der Waals surface area contributed by atoms with Crippen LogP contribution >= 0.6 is 0 Å². The molecule has 1 heterocycles. The minimum atomic E-state index is -0.479. The maximum absolute atomic E-state index is 13.2. The SMILES string of the molecule is Cc1ccc(-n2c(O)c(/C=N\Nc3ccc([N+](=O)[O-])cc3)c3ccccc3c2=O)c(C)c1. The Hall–Kier alpha value is -4.46. The van der Waals surface area contributed by atoms with Crippen LogP contribution in [0.1, 0.15) is 16.7 Å². The van der Waals surface area contributed by atoms with E-state index in [2.05, 4.69) is 10.5 Å². The number of aryl methyl sites for hydroxylation is 2. The lowest BCUT2D eigenvalue weighted by atomic mass is 10.1. The van der Waals surface area contributed by atoms with Gasteiger partial charge in [-0.05, 0) is 43.7 Å². The highest BCUT2D eigenvalue weighted by Crippen LogP contribution is 2.27. The van der Waals surface area contributed by atoms with Gasteiger partial charge in [0.05, 0.1) is 28.1 Å².